The third-order valence-corrected chi connectivity index (χ3v) is 3.60. The Labute approximate surface area is 108 Å². The largest absolute Gasteiger partial charge is 0.484 e. The number of rotatable bonds is 6. The number of hydrogen-bond donors (Lipinski definition) is 1. The molecule has 0 bridgehead atoms. The summed E-state index contributed by atoms with van der Waals surface area (Å²) in [5.74, 6) is 1.88. The minimum absolute atomic E-state index is 0.115. The molecule has 5 heteroatoms. The molecule has 4 nitrogen and oxygen atoms in total. The van der Waals surface area contributed by atoms with Crippen LogP contribution in [0.3, 0.4) is 0 Å². The fourth-order valence-electron chi connectivity index (χ4n) is 1.55. The number of anilines is 2. The normalized spacial score (nSPS) is 12.8. The van der Waals surface area contributed by atoms with Gasteiger partial charge >= 0.3 is 0 Å². The van der Waals surface area contributed by atoms with Gasteiger partial charge in [-0.05, 0) is 31.3 Å². The zero-order chi connectivity index (χ0) is 13.0. The molecular formula is C12H23N3OS. The van der Waals surface area contributed by atoms with E-state index in [-0.39, 0.29) is 6.10 Å². The van der Waals surface area contributed by atoms with Crippen molar-refractivity contribution < 1.29 is 4.74 Å². The Bertz CT molecular complexity index is 352. The average molecular weight is 257 g/mol. The van der Waals surface area contributed by atoms with Crippen LogP contribution in [0.25, 0.3) is 0 Å². The van der Waals surface area contributed by atoms with Gasteiger partial charge < -0.3 is 15.4 Å². The fraction of sp³-hybridized carbons (Fsp3) is 0.750. The van der Waals surface area contributed by atoms with Gasteiger partial charge in [0.2, 0.25) is 0 Å². The van der Waals surface area contributed by atoms with E-state index in [1.807, 2.05) is 13.8 Å². The predicted octanol–water partition coefficient (Wildman–Crippen LogP) is 2.99. The van der Waals surface area contributed by atoms with Crippen LogP contribution in [-0.4, -0.2) is 24.1 Å². The number of nitrogens with two attached hydrogens (primary N) is 1. The third-order valence-electron chi connectivity index (χ3n) is 2.64. The van der Waals surface area contributed by atoms with Gasteiger partial charge in [-0.2, -0.15) is 4.37 Å². The maximum Gasteiger partial charge on any atom is 0.198 e. The van der Waals surface area contributed by atoms with E-state index in [0.29, 0.717) is 11.7 Å². The molecule has 0 amide bonds. The Morgan fingerprint density at radius 2 is 2.06 bits per heavy atom. The zero-order valence-corrected chi connectivity index (χ0v) is 12.2. The van der Waals surface area contributed by atoms with Gasteiger partial charge in [-0.25, -0.2) is 0 Å². The Hall–Kier alpha value is -0.970. The van der Waals surface area contributed by atoms with Crippen LogP contribution in [0.2, 0.25) is 0 Å². The molecule has 0 radical (unpaired) electrons. The van der Waals surface area contributed by atoms with Crippen molar-refractivity contribution >= 4 is 22.4 Å². The molecule has 17 heavy (non-hydrogen) atoms. The van der Waals surface area contributed by atoms with Crippen molar-refractivity contribution in [2.45, 2.75) is 40.2 Å². The van der Waals surface area contributed by atoms with Crippen molar-refractivity contribution in [1.82, 2.24) is 4.37 Å². The van der Waals surface area contributed by atoms with E-state index in [1.165, 1.54) is 18.0 Å². The smallest absolute Gasteiger partial charge is 0.198 e. The highest BCUT2D eigenvalue weighted by molar-refractivity contribution is 7.11. The molecule has 1 aromatic rings. The lowest BCUT2D eigenvalue weighted by atomic mass is 10.1. The van der Waals surface area contributed by atoms with Crippen molar-refractivity contribution in [1.29, 1.82) is 0 Å². The summed E-state index contributed by atoms with van der Waals surface area (Å²) in [7, 11) is 2.06. The lowest BCUT2D eigenvalue weighted by molar-refractivity contribution is 0.245. The maximum absolute atomic E-state index is 5.84. The number of hydrogen-bond acceptors (Lipinski definition) is 5. The molecule has 1 unspecified atom stereocenters. The van der Waals surface area contributed by atoms with Gasteiger partial charge in [0, 0.05) is 13.6 Å². The van der Waals surface area contributed by atoms with E-state index >= 15 is 0 Å². The van der Waals surface area contributed by atoms with Gasteiger partial charge in [-0.1, -0.05) is 20.3 Å². The second kappa shape index (κ2) is 6.10. The van der Waals surface area contributed by atoms with E-state index in [4.69, 9.17) is 10.5 Å². The summed E-state index contributed by atoms with van der Waals surface area (Å²) < 4.78 is 9.91. The third kappa shape index (κ3) is 3.77. The van der Waals surface area contributed by atoms with Crippen LogP contribution in [-0.2, 0) is 0 Å². The van der Waals surface area contributed by atoms with Gasteiger partial charge in [0.1, 0.15) is 0 Å². The fourth-order valence-corrected chi connectivity index (χ4v) is 2.27. The molecular weight excluding hydrogens is 234 g/mol. The summed E-state index contributed by atoms with van der Waals surface area (Å²) in [5, 5.41) is 1.02. The van der Waals surface area contributed by atoms with Crippen LogP contribution in [0.1, 0.15) is 34.1 Å². The van der Waals surface area contributed by atoms with Crippen molar-refractivity contribution in [3.63, 3.8) is 0 Å². The maximum atomic E-state index is 5.84. The minimum Gasteiger partial charge on any atom is -0.484 e. The number of nitrogen functional groups attached to an aromatic ring is 1. The molecule has 1 aromatic heterocycles. The molecule has 1 heterocycles. The van der Waals surface area contributed by atoms with Crippen LogP contribution >= 0.6 is 11.5 Å². The van der Waals surface area contributed by atoms with Crippen LogP contribution in [0.5, 0.6) is 5.75 Å². The van der Waals surface area contributed by atoms with E-state index in [0.717, 1.165) is 17.3 Å². The van der Waals surface area contributed by atoms with Crippen molar-refractivity contribution in [3.8, 4) is 5.75 Å². The van der Waals surface area contributed by atoms with Crippen molar-refractivity contribution in [2.24, 2.45) is 5.92 Å². The minimum atomic E-state index is 0.115. The number of ether oxygens (including phenoxy) is 1. The van der Waals surface area contributed by atoms with Gasteiger partial charge in [0.25, 0.3) is 0 Å². The topological polar surface area (TPSA) is 51.4 Å². The van der Waals surface area contributed by atoms with Gasteiger partial charge in [0.05, 0.1) is 6.10 Å². The van der Waals surface area contributed by atoms with Crippen LogP contribution in [0.4, 0.5) is 10.8 Å². The Morgan fingerprint density at radius 3 is 2.59 bits per heavy atom. The highest BCUT2D eigenvalue weighted by Gasteiger charge is 2.18. The molecule has 0 aliphatic rings. The molecule has 0 aliphatic heterocycles. The highest BCUT2D eigenvalue weighted by Crippen LogP contribution is 2.38. The predicted molar refractivity (Wildman–Crippen MR) is 75.0 cm³/mol. The molecule has 1 rings (SSSR count). The first-order valence-electron chi connectivity index (χ1n) is 6.08. The molecule has 0 aromatic carbocycles. The Kier molecular flexibility index (Phi) is 5.05. The van der Waals surface area contributed by atoms with Gasteiger partial charge in [0.15, 0.2) is 16.6 Å². The lowest BCUT2D eigenvalue weighted by Crippen LogP contribution is -2.23. The van der Waals surface area contributed by atoms with Crippen LogP contribution < -0.4 is 15.4 Å². The van der Waals surface area contributed by atoms with E-state index in [1.54, 1.807) is 0 Å². The van der Waals surface area contributed by atoms with Gasteiger partial charge in [-0.3, -0.25) is 0 Å². The Morgan fingerprint density at radius 1 is 1.41 bits per heavy atom. The molecule has 1 atom stereocenters. The monoisotopic (exact) mass is 257 g/mol. The molecule has 98 valence electrons. The van der Waals surface area contributed by atoms with Crippen molar-refractivity contribution in [2.75, 3.05) is 24.2 Å². The second-order valence-corrected chi connectivity index (χ2v) is 5.51. The van der Waals surface area contributed by atoms with Crippen LogP contribution in [0.15, 0.2) is 0 Å². The average Bonchev–Trinajstić information content (AvgIpc) is 2.59. The first-order chi connectivity index (χ1) is 7.95. The van der Waals surface area contributed by atoms with Gasteiger partial charge in [-0.15, -0.1) is 0 Å². The summed E-state index contributed by atoms with van der Waals surface area (Å²) in [6, 6.07) is 0. The molecule has 0 fully saturated rings. The van der Waals surface area contributed by atoms with E-state index < -0.39 is 0 Å². The first kappa shape index (κ1) is 14.1. The molecule has 0 spiro atoms. The second-order valence-electron chi connectivity index (χ2n) is 4.76. The summed E-state index contributed by atoms with van der Waals surface area (Å²) in [4.78, 5) is 2.18. The quantitative estimate of drug-likeness (QED) is 0.851. The Balaban J connectivity index is 2.82. The standard InChI is InChI=1S/C12H23N3OS/c1-6-9(4)7-15(5)12-10(16-8(2)3)11(13)14-17-12/h8-9H,6-7H2,1-5H3,(H2,13,14). The molecule has 0 aliphatic carbocycles. The van der Waals surface area contributed by atoms with Crippen LogP contribution in [0, 0.1) is 5.92 Å². The lowest BCUT2D eigenvalue weighted by Gasteiger charge is -2.22. The first-order valence-corrected chi connectivity index (χ1v) is 6.85. The van der Waals surface area contributed by atoms with E-state index in [2.05, 4.69) is 30.2 Å². The summed E-state index contributed by atoms with van der Waals surface area (Å²) in [6.07, 6.45) is 1.28. The summed E-state index contributed by atoms with van der Waals surface area (Å²) in [6.45, 7) is 9.42. The zero-order valence-electron chi connectivity index (χ0n) is 11.4. The SMILES string of the molecule is CCC(C)CN(C)c1snc(N)c1OC(C)C. The summed E-state index contributed by atoms with van der Waals surface area (Å²) in [5.41, 5.74) is 5.84. The summed E-state index contributed by atoms with van der Waals surface area (Å²) >= 11 is 1.40. The molecule has 0 saturated carbocycles. The number of aromatic nitrogens is 1. The molecule has 0 saturated heterocycles. The number of nitrogens with zero attached hydrogens (tertiary/aromatic N) is 2. The highest BCUT2D eigenvalue weighted by atomic mass is 32.1. The molecule has 2 N–H and O–H groups in total. The van der Waals surface area contributed by atoms with E-state index in [9.17, 15) is 0 Å². The van der Waals surface area contributed by atoms with Crippen molar-refractivity contribution in [3.05, 3.63) is 0 Å².